The lowest BCUT2D eigenvalue weighted by atomic mass is 10.1. The van der Waals surface area contributed by atoms with Crippen LogP contribution in [0.15, 0.2) is 0 Å². The standard InChI is InChI=1S/C12H21NO4S/c1-8(6-7-18-3)13(2)11(14)9-4-5-10(17-9)12(15)16/h8-10H,4-7H2,1-3H3,(H,15,16)/t8?,9-,10+/m0/s1. The Hall–Kier alpha value is -0.750. The summed E-state index contributed by atoms with van der Waals surface area (Å²) in [6, 6.07) is 0.150. The molecule has 3 atom stereocenters. The molecule has 1 fully saturated rings. The zero-order valence-electron chi connectivity index (χ0n) is 11.1. The molecule has 0 aliphatic carbocycles. The predicted octanol–water partition coefficient (Wildman–Crippen LogP) is 1.22. The second kappa shape index (κ2) is 6.99. The first-order valence-corrected chi connectivity index (χ1v) is 7.50. The Kier molecular flexibility index (Phi) is 5.95. The number of hydrogen-bond donors (Lipinski definition) is 1. The Morgan fingerprint density at radius 1 is 1.44 bits per heavy atom. The van der Waals surface area contributed by atoms with Crippen molar-refractivity contribution >= 4 is 23.6 Å². The number of amides is 1. The van der Waals surface area contributed by atoms with Crippen molar-refractivity contribution in [1.29, 1.82) is 0 Å². The van der Waals surface area contributed by atoms with Gasteiger partial charge in [0.15, 0.2) is 6.10 Å². The fraction of sp³-hybridized carbons (Fsp3) is 0.833. The number of nitrogens with zero attached hydrogens (tertiary/aromatic N) is 1. The van der Waals surface area contributed by atoms with E-state index < -0.39 is 18.2 Å². The monoisotopic (exact) mass is 275 g/mol. The molecule has 1 amide bonds. The third kappa shape index (κ3) is 3.88. The number of carbonyl (C=O) groups is 2. The molecule has 0 spiro atoms. The summed E-state index contributed by atoms with van der Waals surface area (Å²) in [6.45, 7) is 2.00. The summed E-state index contributed by atoms with van der Waals surface area (Å²) in [5, 5.41) is 8.82. The van der Waals surface area contributed by atoms with E-state index in [2.05, 4.69) is 0 Å². The number of likely N-dealkylation sites (N-methyl/N-ethyl adjacent to an activating group) is 1. The molecule has 0 aromatic carbocycles. The molecule has 1 aliphatic rings. The van der Waals surface area contributed by atoms with Crippen LogP contribution in [-0.4, -0.2) is 59.2 Å². The number of aliphatic carboxylic acids is 1. The van der Waals surface area contributed by atoms with Gasteiger partial charge in [0, 0.05) is 13.1 Å². The number of carboxylic acid groups (broad SMARTS) is 1. The van der Waals surface area contributed by atoms with Gasteiger partial charge in [-0.05, 0) is 38.2 Å². The fourth-order valence-corrected chi connectivity index (χ4v) is 2.50. The van der Waals surface area contributed by atoms with Gasteiger partial charge >= 0.3 is 5.97 Å². The number of thioether (sulfide) groups is 1. The molecular formula is C12H21NO4S. The van der Waals surface area contributed by atoms with Crippen LogP contribution in [0.4, 0.5) is 0 Å². The van der Waals surface area contributed by atoms with Gasteiger partial charge in [0.25, 0.3) is 5.91 Å². The van der Waals surface area contributed by atoms with E-state index >= 15 is 0 Å². The molecule has 1 rings (SSSR count). The number of hydrogen-bond acceptors (Lipinski definition) is 4. The Morgan fingerprint density at radius 3 is 2.56 bits per heavy atom. The van der Waals surface area contributed by atoms with Crippen LogP contribution in [0.3, 0.4) is 0 Å². The van der Waals surface area contributed by atoms with Gasteiger partial charge in [-0.2, -0.15) is 11.8 Å². The summed E-state index contributed by atoms with van der Waals surface area (Å²) >= 11 is 1.75. The van der Waals surface area contributed by atoms with Crippen molar-refractivity contribution in [2.24, 2.45) is 0 Å². The molecule has 6 heteroatoms. The molecule has 104 valence electrons. The molecule has 1 heterocycles. The van der Waals surface area contributed by atoms with E-state index in [-0.39, 0.29) is 11.9 Å². The first kappa shape index (κ1) is 15.3. The summed E-state index contributed by atoms with van der Waals surface area (Å²) in [6.07, 6.45) is 2.46. The van der Waals surface area contributed by atoms with E-state index in [0.29, 0.717) is 12.8 Å². The lowest BCUT2D eigenvalue weighted by molar-refractivity contribution is -0.155. The average molecular weight is 275 g/mol. The second-order valence-corrected chi connectivity index (χ2v) is 5.59. The van der Waals surface area contributed by atoms with Gasteiger partial charge in [0.1, 0.15) is 6.10 Å². The minimum atomic E-state index is -0.983. The molecule has 0 radical (unpaired) electrons. The average Bonchev–Trinajstić information content (AvgIpc) is 2.83. The molecule has 1 aliphatic heterocycles. The Balaban J connectivity index is 2.47. The zero-order chi connectivity index (χ0) is 13.7. The van der Waals surface area contributed by atoms with Crippen LogP contribution in [0.1, 0.15) is 26.2 Å². The fourth-order valence-electron chi connectivity index (χ4n) is 1.93. The van der Waals surface area contributed by atoms with Crippen LogP contribution >= 0.6 is 11.8 Å². The van der Waals surface area contributed by atoms with Gasteiger partial charge in [0.2, 0.25) is 0 Å². The Morgan fingerprint density at radius 2 is 2.06 bits per heavy atom. The first-order valence-electron chi connectivity index (χ1n) is 6.11. The van der Waals surface area contributed by atoms with Crippen molar-refractivity contribution < 1.29 is 19.4 Å². The third-order valence-corrected chi connectivity index (χ3v) is 3.96. The third-order valence-electron chi connectivity index (χ3n) is 3.32. The van der Waals surface area contributed by atoms with Crippen LogP contribution < -0.4 is 0 Å². The highest BCUT2D eigenvalue weighted by Crippen LogP contribution is 2.22. The minimum absolute atomic E-state index is 0.104. The zero-order valence-corrected chi connectivity index (χ0v) is 11.9. The van der Waals surface area contributed by atoms with Crippen molar-refractivity contribution in [3.63, 3.8) is 0 Å². The normalized spacial score (nSPS) is 24.8. The van der Waals surface area contributed by atoms with E-state index in [0.717, 1.165) is 12.2 Å². The Labute approximate surface area is 112 Å². The van der Waals surface area contributed by atoms with Crippen LogP contribution in [-0.2, 0) is 14.3 Å². The van der Waals surface area contributed by atoms with E-state index in [1.165, 1.54) is 0 Å². The number of carboxylic acids is 1. The maximum absolute atomic E-state index is 12.1. The molecule has 1 N–H and O–H groups in total. The van der Waals surface area contributed by atoms with Crippen LogP contribution in [0.2, 0.25) is 0 Å². The smallest absolute Gasteiger partial charge is 0.332 e. The van der Waals surface area contributed by atoms with Crippen LogP contribution in [0, 0.1) is 0 Å². The molecule has 1 saturated heterocycles. The molecule has 0 saturated carbocycles. The second-order valence-electron chi connectivity index (χ2n) is 4.61. The summed E-state index contributed by atoms with van der Waals surface area (Å²) in [7, 11) is 1.75. The van der Waals surface area contributed by atoms with E-state index in [9.17, 15) is 9.59 Å². The summed E-state index contributed by atoms with van der Waals surface area (Å²) in [4.78, 5) is 24.6. The first-order chi connectivity index (χ1) is 8.47. The molecule has 0 bridgehead atoms. The van der Waals surface area contributed by atoms with Crippen molar-refractivity contribution in [3.05, 3.63) is 0 Å². The molecular weight excluding hydrogens is 254 g/mol. The number of carbonyl (C=O) groups excluding carboxylic acids is 1. The highest BCUT2D eigenvalue weighted by atomic mass is 32.2. The van der Waals surface area contributed by atoms with Crippen molar-refractivity contribution in [2.45, 2.75) is 44.4 Å². The number of rotatable bonds is 6. The molecule has 5 nitrogen and oxygen atoms in total. The van der Waals surface area contributed by atoms with E-state index in [1.807, 2.05) is 13.2 Å². The molecule has 18 heavy (non-hydrogen) atoms. The van der Waals surface area contributed by atoms with Gasteiger partial charge in [-0.3, -0.25) is 4.79 Å². The highest BCUT2D eigenvalue weighted by molar-refractivity contribution is 7.98. The van der Waals surface area contributed by atoms with Gasteiger partial charge in [-0.1, -0.05) is 0 Å². The van der Waals surface area contributed by atoms with Gasteiger partial charge in [-0.15, -0.1) is 0 Å². The van der Waals surface area contributed by atoms with Gasteiger partial charge < -0.3 is 14.7 Å². The molecule has 1 unspecified atom stereocenters. The molecule has 0 aromatic rings. The van der Waals surface area contributed by atoms with Crippen LogP contribution in [0.5, 0.6) is 0 Å². The molecule has 0 aromatic heterocycles. The van der Waals surface area contributed by atoms with Crippen molar-refractivity contribution in [2.75, 3.05) is 19.1 Å². The predicted molar refractivity (Wildman–Crippen MR) is 70.8 cm³/mol. The largest absolute Gasteiger partial charge is 0.479 e. The lowest BCUT2D eigenvalue weighted by Crippen LogP contribution is -2.42. The maximum Gasteiger partial charge on any atom is 0.332 e. The van der Waals surface area contributed by atoms with E-state index in [1.54, 1.807) is 23.7 Å². The van der Waals surface area contributed by atoms with Crippen molar-refractivity contribution in [3.8, 4) is 0 Å². The van der Waals surface area contributed by atoms with Gasteiger partial charge in [0.05, 0.1) is 0 Å². The lowest BCUT2D eigenvalue weighted by Gasteiger charge is -2.27. The summed E-state index contributed by atoms with van der Waals surface area (Å²) < 4.78 is 5.26. The quantitative estimate of drug-likeness (QED) is 0.789. The highest BCUT2D eigenvalue weighted by Gasteiger charge is 2.36. The van der Waals surface area contributed by atoms with Crippen molar-refractivity contribution in [1.82, 2.24) is 4.90 Å². The summed E-state index contributed by atoms with van der Waals surface area (Å²) in [5.41, 5.74) is 0. The number of ether oxygens (including phenoxy) is 1. The van der Waals surface area contributed by atoms with Crippen LogP contribution in [0.25, 0.3) is 0 Å². The SMILES string of the molecule is CSCCC(C)N(C)C(=O)[C@@H]1CC[C@H](C(=O)O)O1. The topological polar surface area (TPSA) is 66.8 Å². The Bertz CT molecular complexity index is 310. The minimum Gasteiger partial charge on any atom is -0.479 e. The van der Waals surface area contributed by atoms with E-state index in [4.69, 9.17) is 9.84 Å². The maximum atomic E-state index is 12.1. The van der Waals surface area contributed by atoms with Gasteiger partial charge in [-0.25, -0.2) is 4.79 Å². The summed E-state index contributed by atoms with van der Waals surface area (Å²) in [5.74, 6) is -0.0852.